The van der Waals surface area contributed by atoms with E-state index in [1.807, 2.05) is 43.3 Å². The van der Waals surface area contributed by atoms with Crippen molar-refractivity contribution in [3.8, 4) is 0 Å². The molecule has 2 aromatic carbocycles. The van der Waals surface area contributed by atoms with E-state index in [0.29, 0.717) is 13.2 Å². The Morgan fingerprint density at radius 1 is 1.10 bits per heavy atom. The molecular formula is C18H21NO2. The van der Waals surface area contributed by atoms with Crippen LogP contribution in [0.1, 0.15) is 32.6 Å². The first kappa shape index (κ1) is 15.3. The molecule has 0 spiro atoms. The summed E-state index contributed by atoms with van der Waals surface area (Å²) in [5, 5.41) is 2.96. The summed E-state index contributed by atoms with van der Waals surface area (Å²) < 4.78 is 5.15. The molecule has 2 rings (SSSR count). The number of carbonyl (C=O) groups excluding carboxylic acids is 1. The molecule has 0 atom stereocenters. The van der Waals surface area contributed by atoms with Crippen LogP contribution in [0.2, 0.25) is 0 Å². The molecule has 2 aromatic rings. The maximum atomic E-state index is 12.2. The van der Waals surface area contributed by atoms with Crippen LogP contribution in [0, 0.1) is 13.8 Å². The summed E-state index contributed by atoms with van der Waals surface area (Å²) in [7, 11) is 1.69. The molecule has 1 N–H and O–H groups in total. The second-order valence-corrected chi connectivity index (χ2v) is 5.19. The number of aryl methyl sites for hydroxylation is 2. The van der Waals surface area contributed by atoms with Gasteiger partial charge >= 0.3 is 0 Å². The standard InChI is InChI=1S/C18H21NO2/c1-13-6-4-5-7-17(13)18(20)19-11-15-8-9-16(12-21-3)14(2)10-15/h4-10H,11-12H2,1-3H3,(H,19,20). The van der Waals surface area contributed by atoms with Gasteiger partial charge in [0.05, 0.1) is 6.61 Å². The van der Waals surface area contributed by atoms with E-state index in [1.54, 1.807) is 7.11 Å². The Kier molecular flexibility index (Phi) is 5.12. The zero-order valence-corrected chi connectivity index (χ0v) is 12.8. The highest BCUT2D eigenvalue weighted by Crippen LogP contribution is 2.13. The highest BCUT2D eigenvalue weighted by Gasteiger charge is 2.08. The lowest BCUT2D eigenvalue weighted by Crippen LogP contribution is -2.23. The van der Waals surface area contributed by atoms with Crippen LogP contribution in [-0.4, -0.2) is 13.0 Å². The van der Waals surface area contributed by atoms with Gasteiger partial charge in [0.1, 0.15) is 0 Å². The Bertz CT molecular complexity index is 635. The van der Waals surface area contributed by atoms with E-state index in [9.17, 15) is 4.79 Å². The molecule has 0 heterocycles. The van der Waals surface area contributed by atoms with E-state index in [0.717, 1.165) is 16.7 Å². The topological polar surface area (TPSA) is 38.3 Å². The molecular weight excluding hydrogens is 262 g/mol. The molecule has 0 bridgehead atoms. The van der Waals surface area contributed by atoms with Crippen LogP contribution in [0.3, 0.4) is 0 Å². The van der Waals surface area contributed by atoms with E-state index >= 15 is 0 Å². The number of methoxy groups -OCH3 is 1. The van der Waals surface area contributed by atoms with E-state index in [1.165, 1.54) is 11.1 Å². The summed E-state index contributed by atoms with van der Waals surface area (Å²) in [6.45, 7) is 5.14. The molecule has 0 saturated carbocycles. The summed E-state index contributed by atoms with van der Waals surface area (Å²) in [5.41, 5.74) is 5.16. The van der Waals surface area contributed by atoms with Crippen molar-refractivity contribution in [3.63, 3.8) is 0 Å². The number of hydrogen-bond acceptors (Lipinski definition) is 2. The maximum Gasteiger partial charge on any atom is 0.251 e. The summed E-state index contributed by atoms with van der Waals surface area (Å²) in [6, 6.07) is 13.8. The Morgan fingerprint density at radius 2 is 1.86 bits per heavy atom. The Labute approximate surface area is 126 Å². The molecule has 0 aliphatic rings. The van der Waals surface area contributed by atoms with Gasteiger partial charge in [-0.2, -0.15) is 0 Å². The lowest BCUT2D eigenvalue weighted by Gasteiger charge is -2.10. The van der Waals surface area contributed by atoms with Crippen LogP contribution < -0.4 is 5.32 Å². The Balaban J connectivity index is 2.02. The molecule has 0 aliphatic heterocycles. The van der Waals surface area contributed by atoms with E-state index in [-0.39, 0.29) is 5.91 Å². The van der Waals surface area contributed by atoms with Crippen LogP contribution in [0.25, 0.3) is 0 Å². The van der Waals surface area contributed by atoms with Crippen LogP contribution in [0.15, 0.2) is 42.5 Å². The van der Waals surface area contributed by atoms with E-state index < -0.39 is 0 Å². The average molecular weight is 283 g/mol. The third kappa shape index (κ3) is 3.92. The van der Waals surface area contributed by atoms with Crippen LogP contribution in [0.4, 0.5) is 0 Å². The smallest absolute Gasteiger partial charge is 0.251 e. The molecule has 3 heteroatoms. The van der Waals surface area contributed by atoms with Gasteiger partial charge in [-0.25, -0.2) is 0 Å². The lowest BCUT2D eigenvalue weighted by molar-refractivity contribution is 0.0950. The normalized spacial score (nSPS) is 10.4. The van der Waals surface area contributed by atoms with Crippen molar-refractivity contribution in [1.29, 1.82) is 0 Å². The average Bonchev–Trinajstić information content (AvgIpc) is 2.48. The molecule has 0 radical (unpaired) electrons. The van der Waals surface area contributed by atoms with Crippen molar-refractivity contribution in [1.82, 2.24) is 5.32 Å². The highest BCUT2D eigenvalue weighted by molar-refractivity contribution is 5.95. The van der Waals surface area contributed by atoms with Crippen molar-refractivity contribution in [2.24, 2.45) is 0 Å². The van der Waals surface area contributed by atoms with Crippen LogP contribution >= 0.6 is 0 Å². The first-order valence-electron chi connectivity index (χ1n) is 7.03. The highest BCUT2D eigenvalue weighted by atomic mass is 16.5. The van der Waals surface area contributed by atoms with Gasteiger partial charge in [-0.3, -0.25) is 4.79 Å². The second kappa shape index (κ2) is 7.04. The Hall–Kier alpha value is -2.13. The second-order valence-electron chi connectivity index (χ2n) is 5.19. The molecule has 0 unspecified atom stereocenters. The minimum Gasteiger partial charge on any atom is -0.380 e. The summed E-state index contributed by atoms with van der Waals surface area (Å²) in [6.07, 6.45) is 0. The SMILES string of the molecule is COCc1ccc(CNC(=O)c2ccccc2C)cc1C. The lowest BCUT2D eigenvalue weighted by atomic mass is 10.1. The molecule has 0 saturated heterocycles. The fourth-order valence-electron chi connectivity index (χ4n) is 2.29. The van der Waals surface area contributed by atoms with Gasteiger partial charge in [0, 0.05) is 19.2 Å². The maximum absolute atomic E-state index is 12.2. The quantitative estimate of drug-likeness (QED) is 0.913. The van der Waals surface area contributed by atoms with Gasteiger partial charge in [-0.1, -0.05) is 36.4 Å². The number of ether oxygens (including phenoxy) is 1. The monoisotopic (exact) mass is 283 g/mol. The molecule has 1 amide bonds. The van der Waals surface area contributed by atoms with Gasteiger partial charge in [-0.05, 0) is 42.2 Å². The van der Waals surface area contributed by atoms with Crippen LogP contribution in [-0.2, 0) is 17.9 Å². The largest absolute Gasteiger partial charge is 0.380 e. The van der Waals surface area contributed by atoms with E-state index in [4.69, 9.17) is 4.74 Å². The first-order valence-corrected chi connectivity index (χ1v) is 7.03. The number of hydrogen-bond donors (Lipinski definition) is 1. The zero-order chi connectivity index (χ0) is 15.2. The van der Waals surface area contributed by atoms with Crippen molar-refractivity contribution in [2.45, 2.75) is 27.0 Å². The van der Waals surface area contributed by atoms with Gasteiger partial charge in [0.15, 0.2) is 0 Å². The van der Waals surface area contributed by atoms with Gasteiger partial charge in [-0.15, -0.1) is 0 Å². The molecule has 110 valence electrons. The minimum absolute atomic E-state index is 0.0354. The van der Waals surface area contributed by atoms with Crippen molar-refractivity contribution in [2.75, 3.05) is 7.11 Å². The first-order chi connectivity index (χ1) is 10.1. The number of carbonyl (C=O) groups is 1. The number of rotatable bonds is 5. The van der Waals surface area contributed by atoms with Gasteiger partial charge in [0.25, 0.3) is 5.91 Å². The molecule has 0 fully saturated rings. The number of nitrogens with one attached hydrogen (secondary N) is 1. The fraction of sp³-hybridized carbons (Fsp3) is 0.278. The van der Waals surface area contributed by atoms with Gasteiger partial charge in [0.2, 0.25) is 0 Å². The summed E-state index contributed by atoms with van der Waals surface area (Å²) in [5.74, 6) is -0.0354. The summed E-state index contributed by atoms with van der Waals surface area (Å²) in [4.78, 5) is 12.2. The van der Waals surface area contributed by atoms with Crippen LogP contribution in [0.5, 0.6) is 0 Å². The number of amides is 1. The Morgan fingerprint density at radius 3 is 2.52 bits per heavy atom. The minimum atomic E-state index is -0.0354. The predicted molar refractivity (Wildman–Crippen MR) is 84.2 cm³/mol. The fourth-order valence-corrected chi connectivity index (χ4v) is 2.29. The zero-order valence-electron chi connectivity index (χ0n) is 12.8. The van der Waals surface area contributed by atoms with Crippen molar-refractivity contribution in [3.05, 3.63) is 70.3 Å². The predicted octanol–water partition coefficient (Wildman–Crippen LogP) is 3.38. The molecule has 0 aliphatic carbocycles. The third-order valence-corrected chi connectivity index (χ3v) is 3.55. The summed E-state index contributed by atoms with van der Waals surface area (Å²) >= 11 is 0. The van der Waals surface area contributed by atoms with Crippen molar-refractivity contribution >= 4 is 5.91 Å². The molecule has 3 nitrogen and oxygen atoms in total. The van der Waals surface area contributed by atoms with Crippen molar-refractivity contribution < 1.29 is 9.53 Å². The molecule has 0 aromatic heterocycles. The third-order valence-electron chi connectivity index (χ3n) is 3.55. The van der Waals surface area contributed by atoms with E-state index in [2.05, 4.69) is 18.3 Å². The van der Waals surface area contributed by atoms with Gasteiger partial charge < -0.3 is 10.1 Å². The number of benzene rings is 2. The molecule has 21 heavy (non-hydrogen) atoms.